The van der Waals surface area contributed by atoms with Crippen molar-refractivity contribution in [3.8, 4) is 0 Å². The third kappa shape index (κ3) is 6.15. The SMILES string of the molecule is CN(Cc1ccccc1)CC1OC(C)(C)OC1CN(C)Cc1ccccc1. The Hall–Kier alpha value is -1.72. The van der Waals surface area contributed by atoms with Gasteiger partial charge in [0.2, 0.25) is 0 Å². The fraction of sp³-hybridized carbons (Fsp3) is 0.478. The number of rotatable bonds is 8. The molecule has 27 heavy (non-hydrogen) atoms. The van der Waals surface area contributed by atoms with Crippen LogP contribution in [0.1, 0.15) is 25.0 Å². The summed E-state index contributed by atoms with van der Waals surface area (Å²) in [5, 5.41) is 0. The Morgan fingerprint density at radius 1 is 0.704 bits per heavy atom. The van der Waals surface area contributed by atoms with Crippen molar-refractivity contribution in [2.75, 3.05) is 27.2 Å². The Kier molecular flexibility index (Phi) is 6.66. The van der Waals surface area contributed by atoms with Crippen molar-refractivity contribution < 1.29 is 9.47 Å². The average Bonchev–Trinajstić information content (AvgIpc) is 2.89. The van der Waals surface area contributed by atoms with Crippen molar-refractivity contribution in [1.82, 2.24) is 9.80 Å². The summed E-state index contributed by atoms with van der Waals surface area (Å²) < 4.78 is 12.5. The summed E-state index contributed by atoms with van der Waals surface area (Å²) >= 11 is 0. The number of hydrogen-bond donors (Lipinski definition) is 0. The van der Waals surface area contributed by atoms with Crippen LogP contribution in [-0.2, 0) is 22.6 Å². The lowest BCUT2D eigenvalue weighted by Gasteiger charge is -2.26. The molecular weight excluding hydrogens is 336 g/mol. The van der Waals surface area contributed by atoms with E-state index >= 15 is 0 Å². The predicted octanol–water partition coefficient (Wildman–Crippen LogP) is 3.77. The molecule has 0 aromatic heterocycles. The van der Waals surface area contributed by atoms with Crippen LogP contribution >= 0.6 is 0 Å². The van der Waals surface area contributed by atoms with Gasteiger partial charge >= 0.3 is 0 Å². The predicted molar refractivity (Wildman–Crippen MR) is 109 cm³/mol. The molecule has 0 N–H and O–H groups in total. The lowest BCUT2D eigenvalue weighted by Crippen LogP contribution is -2.41. The number of likely N-dealkylation sites (N-methyl/N-ethyl adjacent to an activating group) is 2. The minimum atomic E-state index is -0.531. The fourth-order valence-corrected chi connectivity index (χ4v) is 3.75. The zero-order valence-corrected chi connectivity index (χ0v) is 17.0. The highest BCUT2D eigenvalue weighted by atomic mass is 16.8. The van der Waals surface area contributed by atoms with Crippen LogP contribution in [0.25, 0.3) is 0 Å². The van der Waals surface area contributed by atoms with E-state index in [1.165, 1.54) is 11.1 Å². The maximum atomic E-state index is 6.23. The average molecular weight is 369 g/mol. The van der Waals surface area contributed by atoms with E-state index in [0.717, 1.165) is 26.2 Å². The smallest absolute Gasteiger partial charge is 0.163 e. The molecule has 0 radical (unpaired) electrons. The van der Waals surface area contributed by atoms with E-state index in [1.54, 1.807) is 0 Å². The van der Waals surface area contributed by atoms with Crippen LogP contribution < -0.4 is 0 Å². The van der Waals surface area contributed by atoms with Gasteiger partial charge in [-0.05, 0) is 39.1 Å². The highest BCUT2D eigenvalue weighted by Crippen LogP contribution is 2.29. The lowest BCUT2D eigenvalue weighted by molar-refractivity contribution is -0.148. The molecule has 1 aliphatic rings. The first kappa shape index (κ1) is 20.0. The summed E-state index contributed by atoms with van der Waals surface area (Å²) in [4.78, 5) is 4.63. The van der Waals surface area contributed by atoms with Gasteiger partial charge in [0.25, 0.3) is 0 Å². The monoisotopic (exact) mass is 368 g/mol. The standard InChI is InChI=1S/C23H32N2O2/c1-23(2)26-21(17-24(3)15-19-11-7-5-8-12-19)22(27-23)18-25(4)16-20-13-9-6-10-14-20/h5-14,21-22H,15-18H2,1-4H3. The van der Waals surface area contributed by atoms with Crippen LogP contribution in [0.2, 0.25) is 0 Å². The Balaban J connectivity index is 1.57. The van der Waals surface area contributed by atoms with E-state index in [0.29, 0.717) is 0 Å². The van der Waals surface area contributed by atoms with Crippen molar-refractivity contribution in [1.29, 1.82) is 0 Å². The molecule has 146 valence electrons. The molecule has 1 aliphatic heterocycles. The quantitative estimate of drug-likeness (QED) is 0.708. The molecule has 2 aromatic rings. The summed E-state index contributed by atoms with van der Waals surface area (Å²) in [5.74, 6) is -0.531. The largest absolute Gasteiger partial charge is 0.343 e. The normalized spacial score (nSPS) is 21.9. The molecule has 1 fully saturated rings. The molecule has 4 nitrogen and oxygen atoms in total. The van der Waals surface area contributed by atoms with Crippen molar-refractivity contribution in [3.63, 3.8) is 0 Å². The van der Waals surface area contributed by atoms with Crippen molar-refractivity contribution in [3.05, 3.63) is 71.8 Å². The van der Waals surface area contributed by atoms with E-state index < -0.39 is 5.79 Å². The highest BCUT2D eigenvalue weighted by Gasteiger charge is 2.41. The lowest BCUT2D eigenvalue weighted by atomic mass is 10.1. The van der Waals surface area contributed by atoms with Gasteiger partial charge in [0.15, 0.2) is 5.79 Å². The molecule has 3 rings (SSSR count). The Labute approximate surface area is 163 Å². The molecule has 0 saturated carbocycles. The molecule has 0 amide bonds. The van der Waals surface area contributed by atoms with Crippen molar-refractivity contribution >= 4 is 0 Å². The summed E-state index contributed by atoms with van der Waals surface area (Å²) in [5.41, 5.74) is 2.63. The molecule has 0 bridgehead atoms. The van der Waals surface area contributed by atoms with Gasteiger partial charge in [-0.25, -0.2) is 0 Å². The highest BCUT2D eigenvalue weighted by molar-refractivity contribution is 5.15. The first-order chi connectivity index (χ1) is 12.9. The molecular formula is C23H32N2O2. The second-order valence-electron chi connectivity index (χ2n) is 8.08. The minimum absolute atomic E-state index is 0.0620. The van der Waals surface area contributed by atoms with Crippen LogP contribution in [0.4, 0.5) is 0 Å². The first-order valence-electron chi connectivity index (χ1n) is 9.72. The molecule has 2 unspecified atom stereocenters. The summed E-state index contributed by atoms with van der Waals surface area (Å²) in [6.07, 6.45) is 0.124. The third-order valence-corrected chi connectivity index (χ3v) is 4.86. The summed E-state index contributed by atoms with van der Waals surface area (Å²) in [7, 11) is 4.29. The van der Waals surface area contributed by atoms with Crippen LogP contribution in [0.15, 0.2) is 60.7 Å². The summed E-state index contributed by atoms with van der Waals surface area (Å²) in [6, 6.07) is 21.1. The van der Waals surface area contributed by atoms with Crippen LogP contribution in [0.5, 0.6) is 0 Å². The molecule has 0 spiro atoms. The first-order valence-corrected chi connectivity index (χ1v) is 9.72. The van der Waals surface area contributed by atoms with Crippen molar-refractivity contribution in [2.45, 2.75) is 44.9 Å². The maximum absolute atomic E-state index is 6.23. The second-order valence-corrected chi connectivity index (χ2v) is 8.08. The van der Waals surface area contributed by atoms with Gasteiger partial charge < -0.3 is 9.47 Å². The topological polar surface area (TPSA) is 24.9 Å². The van der Waals surface area contributed by atoms with Gasteiger partial charge in [0, 0.05) is 26.2 Å². The van der Waals surface area contributed by atoms with Gasteiger partial charge in [-0.2, -0.15) is 0 Å². The molecule has 0 aliphatic carbocycles. The molecule has 1 heterocycles. The van der Waals surface area contributed by atoms with E-state index in [1.807, 2.05) is 13.8 Å². The van der Waals surface area contributed by atoms with Gasteiger partial charge in [-0.3, -0.25) is 9.80 Å². The Morgan fingerprint density at radius 3 is 1.44 bits per heavy atom. The van der Waals surface area contributed by atoms with E-state index in [2.05, 4.69) is 84.6 Å². The van der Waals surface area contributed by atoms with E-state index in [-0.39, 0.29) is 12.2 Å². The molecule has 2 atom stereocenters. The molecule has 4 heteroatoms. The molecule has 1 saturated heterocycles. The van der Waals surface area contributed by atoms with E-state index in [9.17, 15) is 0 Å². The maximum Gasteiger partial charge on any atom is 0.163 e. The van der Waals surface area contributed by atoms with Crippen LogP contribution in [0.3, 0.4) is 0 Å². The van der Waals surface area contributed by atoms with Crippen molar-refractivity contribution in [2.24, 2.45) is 0 Å². The Bertz CT molecular complexity index is 631. The minimum Gasteiger partial charge on any atom is -0.343 e. The zero-order valence-electron chi connectivity index (χ0n) is 17.0. The van der Waals surface area contributed by atoms with Gasteiger partial charge in [-0.1, -0.05) is 60.7 Å². The van der Waals surface area contributed by atoms with Gasteiger partial charge in [0.05, 0.1) is 0 Å². The zero-order chi connectivity index (χ0) is 19.3. The molecule has 2 aromatic carbocycles. The van der Waals surface area contributed by atoms with Gasteiger partial charge in [-0.15, -0.1) is 0 Å². The third-order valence-electron chi connectivity index (χ3n) is 4.86. The number of hydrogen-bond acceptors (Lipinski definition) is 4. The second kappa shape index (κ2) is 8.98. The van der Waals surface area contributed by atoms with E-state index in [4.69, 9.17) is 9.47 Å². The number of benzene rings is 2. The summed E-state index contributed by atoms with van der Waals surface area (Å²) in [6.45, 7) is 7.54. The number of nitrogens with zero attached hydrogens (tertiary/aromatic N) is 2. The Morgan fingerprint density at radius 2 is 1.07 bits per heavy atom. The fourth-order valence-electron chi connectivity index (χ4n) is 3.75. The van der Waals surface area contributed by atoms with Gasteiger partial charge in [0.1, 0.15) is 12.2 Å². The number of ether oxygens (including phenoxy) is 2. The van der Waals surface area contributed by atoms with Crippen LogP contribution in [0, 0.1) is 0 Å². The van der Waals surface area contributed by atoms with Crippen LogP contribution in [-0.4, -0.2) is 55.0 Å².